The van der Waals surface area contributed by atoms with Crippen molar-refractivity contribution in [3.05, 3.63) is 24.0 Å². The average Bonchev–Trinajstić information content (AvgIpc) is 2.68. The van der Waals surface area contributed by atoms with Crippen LogP contribution in [0.3, 0.4) is 0 Å². The molecule has 1 heterocycles. The number of carboxylic acid groups (broad SMARTS) is 1. The van der Waals surface area contributed by atoms with Gasteiger partial charge in [0, 0.05) is 12.5 Å². The highest BCUT2D eigenvalue weighted by atomic mass is 16.5. The second kappa shape index (κ2) is 4.22. The standard InChI is InChI=1S/C11H12N2O3/c1-2-10-12-8-4-3-7(5-9(8)13-10)16-6-11(14)15/h3-5H,2,6H2,1H3,(H,12,13)(H,14,15). The van der Waals surface area contributed by atoms with Crippen LogP contribution in [0.2, 0.25) is 0 Å². The molecule has 0 aliphatic heterocycles. The summed E-state index contributed by atoms with van der Waals surface area (Å²) < 4.78 is 5.07. The van der Waals surface area contributed by atoms with Crippen LogP contribution in [0.15, 0.2) is 18.2 Å². The lowest BCUT2D eigenvalue weighted by Crippen LogP contribution is -2.09. The normalized spacial score (nSPS) is 10.6. The van der Waals surface area contributed by atoms with Gasteiger partial charge in [0.1, 0.15) is 11.6 Å². The molecule has 0 aliphatic rings. The van der Waals surface area contributed by atoms with E-state index in [0.717, 1.165) is 23.3 Å². The molecule has 2 rings (SSSR count). The summed E-state index contributed by atoms with van der Waals surface area (Å²) in [7, 11) is 0. The number of aliphatic carboxylic acids is 1. The molecular formula is C11H12N2O3. The summed E-state index contributed by atoms with van der Waals surface area (Å²) >= 11 is 0. The molecule has 16 heavy (non-hydrogen) atoms. The van der Waals surface area contributed by atoms with Gasteiger partial charge in [0.05, 0.1) is 11.0 Å². The molecule has 0 saturated heterocycles. The highest BCUT2D eigenvalue weighted by Crippen LogP contribution is 2.19. The number of H-pyrrole nitrogens is 1. The van der Waals surface area contributed by atoms with Crippen LogP contribution in [0.25, 0.3) is 11.0 Å². The molecule has 0 radical (unpaired) electrons. The van der Waals surface area contributed by atoms with E-state index in [1.165, 1.54) is 0 Å². The molecule has 0 atom stereocenters. The Kier molecular flexibility index (Phi) is 2.76. The van der Waals surface area contributed by atoms with Gasteiger partial charge in [-0.05, 0) is 12.1 Å². The third kappa shape index (κ3) is 2.13. The number of rotatable bonds is 4. The molecule has 0 bridgehead atoms. The van der Waals surface area contributed by atoms with Gasteiger partial charge >= 0.3 is 5.97 Å². The fraction of sp³-hybridized carbons (Fsp3) is 0.273. The molecule has 0 amide bonds. The van der Waals surface area contributed by atoms with Crippen LogP contribution in [0.1, 0.15) is 12.7 Å². The second-order valence-electron chi connectivity index (χ2n) is 3.40. The first kappa shape index (κ1) is 10.5. The van der Waals surface area contributed by atoms with Crippen LogP contribution >= 0.6 is 0 Å². The van der Waals surface area contributed by atoms with E-state index >= 15 is 0 Å². The van der Waals surface area contributed by atoms with Gasteiger partial charge < -0.3 is 14.8 Å². The summed E-state index contributed by atoms with van der Waals surface area (Å²) in [5.74, 6) is 0.450. The number of nitrogens with zero attached hydrogens (tertiary/aromatic N) is 1. The minimum Gasteiger partial charge on any atom is -0.482 e. The van der Waals surface area contributed by atoms with Crippen LogP contribution < -0.4 is 4.74 Å². The van der Waals surface area contributed by atoms with Crippen molar-refractivity contribution in [2.45, 2.75) is 13.3 Å². The number of ether oxygens (including phenoxy) is 1. The Hall–Kier alpha value is -2.04. The lowest BCUT2D eigenvalue weighted by Gasteiger charge is -2.01. The highest BCUT2D eigenvalue weighted by molar-refractivity contribution is 5.77. The molecule has 84 valence electrons. The van der Waals surface area contributed by atoms with Gasteiger partial charge in [0.15, 0.2) is 6.61 Å². The van der Waals surface area contributed by atoms with Crippen molar-refractivity contribution in [1.29, 1.82) is 0 Å². The molecule has 5 heteroatoms. The third-order valence-electron chi connectivity index (χ3n) is 2.20. The van der Waals surface area contributed by atoms with Crippen molar-refractivity contribution in [3.63, 3.8) is 0 Å². The quantitative estimate of drug-likeness (QED) is 0.820. The summed E-state index contributed by atoms with van der Waals surface area (Å²) in [6.45, 7) is 1.68. The van der Waals surface area contributed by atoms with Gasteiger partial charge in [-0.15, -0.1) is 0 Å². The van der Waals surface area contributed by atoms with Crippen molar-refractivity contribution < 1.29 is 14.6 Å². The maximum atomic E-state index is 10.3. The summed E-state index contributed by atoms with van der Waals surface area (Å²) in [6.07, 6.45) is 0.833. The van der Waals surface area contributed by atoms with Crippen molar-refractivity contribution >= 4 is 17.0 Å². The van der Waals surface area contributed by atoms with Crippen molar-refractivity contribution in [2.24, 2.45) is 0 Å². The summed E-state index contributed by atoms with van der Waals surface area (Å²) in [5.41, 5.74) is 1.72. The molecule has 0 unspecified atom stereocenters. The molecule has 1 aromatic carbocycles. The molecule has 0 aliphatic carbocycles. The number of imidazole rings is 1. The van der Waals surface area contributed by atoms with Gasteiger partial charge in [0.25, 0.3) is 0 Å². The summed E-state index contributed by atoms with van der Waals surface area (Å²) in [4.78, 5) is 17.8. The third-order valence-corrected chi connectivity index (χ3v) is 2.20. The SMILES string of the molecule is CCc1nc2ccc(OCC(=O)O)cc2[nH]1. The largest absolute Gasteiger partial charge is 0.482 e. The highest BCUT2D eigenvalue weighted by Gasteiger charge is 2.04. The molecule has 0 spiro atoms. The number of hydrogen-bond donors (Lipinski definition) is 2. The van der Waals surface area contributed by atoms with Gasteiger partial charge in [-0.1, -0.05) is 6.92 Å². The summed E-state index contributed by atoms with van der Waals surface area (Å²) in [5, 5.41) is 8.49. The monoisotopic (exact) mass is 220 g/mol. The Bertz CT molecular complexity index is 519. The van der Waals surface area contributed by atoms with E-state index < -0.39 is 5.97 Å². The zero-order chi connectivity index (χ0) is 11.5. The van der Waals surface area contributed by atoms with Crippen molar-refractivity contribution in [2.75, 3.05) is 6.61 Å². The summed E-state index contributed by atoms with van der Waals surface area (Å²) in [6, 6.07) is 5.28. The predicted octanol–water partition coefficient (Wildman–Crippen LogP) is 1.59. The Morgan fingerprint density at radius 1 is 1.56 bits per heavy atom. The Balaban J connectivity index is 2.25. The molecule has 0 saturated carbocycles. The fourth-order valence-electron chi connectivity index (χ4n) is 1.44. The van der Waals surface area contributed by atoms with Gasteiger partial charge in [-0.3, -0.25) is 0 Å². The number of aromatic nitrogens is 2. The van der Waals surface area contributed by atoms with Gasteiger partial charge in [-0.25, -0.2) is 9.78 Å². The van der Waals surface area contributed by atoms with E-state index in [1.54, 1.807) is 12.1 Å². The zero-order valence-corrected chi connectivity index (χ0v) is 8.86. The van der Waals surface area contributed by atoms with Crippen LogP contribution in [0.5, 0.6) is 5.75 Å². The van der Waals surface area contributed by atoms with E-state index in [0.29, 0.717) is 5.75 Å². The van der Waals surface area contributed by atoms with Crippen LogP contribution in [-0.2, 0) is 11.2 Å². The second-order valence-corrected chi connectivity index (χ2v) is 3.40. The minimum atomic E-state index is -0.987. The van der Waals surface area contributed by atoms with Gasteiger partial charge in [0.2, 0.25) is 0 Å². The van der Waals surface area contributed by atoms with Crippen LogP contribution in [0, 0.1) is 0 Å². The lowest BCUT2D eigenvalue weighted by molar-refractivity contribution is -0.139. The first-order valence-electron chi connectivity index (χ1n) is 5.02. The average molecular weight is 220 g/mol. The molecule has 0 fully saturated rings. The number of carboxylic acids is 1. The number of aryl methyl sites for hydroxylation is 1. The van der Waals surface area contributed by atoms with E-state index in [9.17, 15) is 4.79 Å². The van der Waals surface area contributed by atoms with Gasteiger partial charge in [-0.2, -0.15) is 0 Å². The van der Waals surface area contributed by atoms with Crippen LogP contribution in [-0.4, -0.2) is 27.7 Å². The number of carbonyl (C=O) groups is 1. The maximum Gasteiger partial charge on any atom is 0.341 e. The van der Waals surface area contributed by atoms with E-state index in [4.69, 9.17) is 9.84 Å². The molecule has 2 N–H and O–H groups in total. The number of fused-ring (bicyclic) bond motifs is 1. The number of benzene rings is 1. The fourth-order valence-corrected chi connectivity index (χ4v) is 1.44. The number of aromatic amines is 1. The smallest absolute Gasteiger partial charge is 0.341 e. The number of hydrogen-bond acceptors (Lipinski definition) is 3. The minimum absolute atomic E-state index is 0.333. The first-order chi connectivity index (χ1) is 7.69. The first-order valence-corrected chi connectivity index (χ1v) is 5.02. The van der Waals surface area contributed by atoms with Crippen molar-refractivity contribution in [1.82, 2.24) is 9.97 Å². The van der Waals surface area contributed by atoms with E-state index in [-0.39, 0.29) is 6.61 Å². The predicted molar refractivity (Wildman–Crippen MR) is 58.6 cm³/mol. The Labute approximate surface area is 92.1 Å². The molecular weight excluding hydrogens is 208 g/mol. The lowest BCUT2D eigenvalue weighted by atomic mass is 10.3. The Morgan fingerprint density at radius 2 is 2.38 bits per heavy atom. The van der Waals surface area contributed by atoms with E-state index in [2.05, 4.69) is 9.97 Å². The number of nitrogens with one attached hydrogen (secondary N) is 1. The van der Waals surface area contributed by atoms with Crippen molar-refractivity contribution in [3.8, 4) is 5.75 Å². The van der Waals surface area contributed by atoms with Crippen LogP contribution in [0.4, 0.5) is 0 Å². The topological polar surface area (TPSA) is 75.2 Å². The maximum absolute atomic E-state index is 10.3. The Morgan fingerprint density at radius 3 is 3.06 bits per heavy atom. The zero-order valence-electron chi connectivity index (χ0n) is 8.86. The molecule has 2 aromatic rings. The van der Waals surface area contributed by atoms with E-state index in [1.807, 2.05) is 13.0 Å². The molecule has 1 aromatic heterocycles. The molecule has 5 nitrogen and oxygen atoms in total.